The minimum atomic E-state index is -0.0691. The molecule has 2 aromatic rings. The molecule has 0 atom stereocenters. The van der Waals surface area contributed by atoms with Crippen molar-refractivity contribution in [2.75, 3.05) is 30.6 Å². The summed E-state index contributed by atoms with van der Waals surface area (Å²) < 4.78 is 5.26. The molecule has 2 aromatic carbocycles. The summed E-state index contributed by atoms with van der Waals surface area (Å²) in [6, 6.07) is 16.5. The zero-order valence-corrected chi connectivity index (χ0v) is 14.0. The Bertz CT molecular complexity index is 673. The molecule has 2 rings (SSSR count). The standard InChI is InChI=1S/C18H19NO3S/c1-19(15-10-6-7-11-17(15)22-2)18(21)13-23-12-16(20)14-8-4-3-5-9-14/h3-11H,12-13H2,1-2H3. The maximum atomic E-state index is 12.3. The number of Topliss-reactive ketones (excluding diaryl/α,β-unsaturated/α-hetero) is 1. The highest BCUT2D eigenvalue weighted by atomic mass is 32.2. The molecule has 0 aliphatic heterocycles. The highest BCUT2D eigenvalue weighted by molar-refractivity contribution is 8.00. The third-order valence-corrected chi connectivity index (χ3v) is 4.29. The highest BCUT2D eigenvalue weighted by Crippen LogP contribution is 2.27. The summed E-state index contributed by atoms with van der Waals surface area (Å²) in [6.07, 6.45) is 0. The molecule has 0 aliphatic carbocycles. The smallest absolute Gasteiger partial charge is 0.236 e. The molecule has 0 radical (unpaired) electrons. The Labute approximate surface area is 140 Å². The number of hydrogen-bond donors (Lipinski definition) is 0. The SMILES string of the molecule is COc1ccccc1N(C)C(=O)CSCC(=O)c1ccccc1. The Hall–Kier alpha value is -2.27. The molecule has 1 amide bonds. The number of ether oxygens (including phenoxy) is 1. The second-order valence-corrected chi connectivity index (χ2v) is 5.89. The number of ketones is 1. The number of hydrogen-bond acceptors (Lipinski definition) is 4. The van der Waals surface area contributed by atoms with E-state index in [0.29, 0.717) is 11.3 Å². The van der Waals surface area contributed by atoms with E-state index in [0.717, 1.165) is 5.69 Å². The van der Waals surface area contributed by atoms with E-state index < -0.39 is 0 Å². The van der Waals surface area contributed by atoms with E-state index in [9.17, 15) is 9.59 Å². The number of anilines is 1. The van der Waals surface area contributed by atoms with Crippen LogP contribution >= 0.6 is 11.8 Å². The number of methoxy groups -OCH3 is 1. The molecule has 0 aliphatic rings. The molecule has 0 unspecified atom stereocenters. The van der Waals surface area contributed by atoms with Crippen molar-refractivity contribution in [1.29, 1.82) is 0 Å². The van der Waals surface area contributed by atoms with Crippen LogP contribution in [0.15, 0.2) is 54.6 Å². The van der Waals surface area contributed by atoms with Gasteiger partial charge in [-0.05, 0) is 12.1 Å². The number of para-hydroxylation sites is 2. The molecule has 120 valence electrons. The van der Waals surface area contributed by atoms with Crippen LogP contribution in [-0.4, -0.2) is 37.4 Å². The van der Waals surface area contributed by atoms with Crippen LogP contribution in [0.25, 0.3) is 0 Å². The number of amides is 1. The summed E-state index contributed by atoms with van der Waals surface area (Å²) in [4.78, 5) is 25.8. The van der Waals surface area contributed by atoms with Crippen molar-refractivity contribution in [3.8, 4) is 5.75 Å². The molecule has 0 saturated carbocycles. The van der Waals surface area contributed by atoms with Gasteiger partial charge in [0.2, 0.25) is 5.91 Å². The van der Waals surface area contributed by atoms with Gasteiger partial charge in [0.1, 0.15) is 5.75 Å². The van der Waals surface area contributed by atoms with Gasteiger partial charge in [0.15, 0.2) is 5.78 Å². The second-order valence-electron chi connectivity index (χ2n) is 4.91. The normalized spacial score (nSPS) is 10.2. The number of rotatable bonds is 7. The van der Waals surface area contributed by atoms with Crippen molar-refractivity contribution in [2.24, 2.45) is 0 Å². The second kappa shape index (κ2) is 8.39. The highest BCUT2D eigenvalue weighted by Gasteiger charge is 2.15. The number of carbonyl (C=O) groups excluding carboxylic acids is 2. The zero-order valence-electron chi connectivity index (χ0n) is 13.2. The molecule has 0 bridgehead atoms. The van der Waals surface area contributed by atoms with Gasteiger partial charge in [-0.25, -0.2) is 0 Å². The van der Waals surface area contributed by atoms with Crippen LogP contribution in [0.1, 0.15) is 10.4 Å². The van der Waals surface area contributed by atoms with Crippen LogP contribution in [0.4, 0.5) is 5.69 Å². The number of nitrogens with zero attached hydrogens (tertiary/aromatic N) is 1. The first-order valence-corrected chi connectivity index (χ1v) is 8.34. The van der Waals surface area contributed by atoms with Gasteiger partial charge in [-0.1, -0.05) is 42.5 Å². The summed E-state index contributed by atoms with van der Waals surface area (Å²) in [5.74, 6) is 1.14. The summed E-state index contributed by atoms with van der Waals surface area (Å²) in [5.41, 5.74) is 1.39. The van der Waals surface area contributed by atoms with Crippen molar-refractivity contribution < 1.29 is 14.3 Å². The Kier molecular flexibility index (Phi) is 6.23. The first-order valence-electron chi connectivity index (χ1n) is 7.19. The fourth-order valence-corrected chi connectivity index (χ4v) is 2.90. The first kappa shape index (κ1) is 17.1. The fourth-order valence-electron chi connectivity index (χ4n) is 2.08. The van der Waals surface area contributed by atoms with E-state index in [2.05, 4.69) is 0 Å². The van der Waals surface area contributed by atoms with Gasteiger partial charge >= 0.3 is 0 Å². The van der Waals surface area contributed by atoms with Crippen LogP contribution in [0.3, 0.4) is 0 Å². The van der Waals surface area contributed by atoms with Crippen molar-refractivity contribution in [2.45, 2.75) is 0 Å². The average molecular weight is 329 g/mol. The summed E-state index contributed by atoms with van der Waals surface area (Å²) >= 11 is 1.32. The van der Waals surface area contributed by atoms with Gasteiger partial charge in [0.25, 0.3) is 0 Å². The minimum absolute atomic E-state index is 0.0309. The minimum Gasteiger partial charge on any atom is -0.495 e. The predicted molar refractivity (Wildman–Crippen MR) is 94.5 cm³/mol. The quantitative estimate of drug-likeness (QED) is 0.732. The van der Waals surface area contributed by atoms with Crippen molar-refractivity contribution >= 4 is 29.1 Å². The van der Waals surface area contributed by atoms with Crippen LogP contribution in [0, 0.1) is 0 Å². The molecule has 4 nitrogen and oxygen atoms in total. The lowest BCUT2D eigenvalue weighted by Gasteiger charge is -2.19. The topological polar surface area (TPSA) is 46.6 Å². The van der Waals surface area contributed by atoms with Crippen LogP contribution < -0.4 is 9.64 Å². The van der Waals surface area contributed by atoms with Crippen LogP contribution in [0.5, 0.6) is 5.75 Å². The van der Waals surface area contributed by atoms with Crippen LogP contribution in [-0.2, 0) is 4.79 Å². The molecule has 0 N–H and O–H groups in total. The largest absolute Gasteiger partial charge is 0.495 e. The third kappa shape index (κ3) is 4.60. The average Bonchev–Trinajstić information content (AvgIpc) is 2.61. The Morgan fingerprint density at radius 2 is 1.65 bits per heavy atom. The summed E-state index contributed by atoms with van der Waals surface area (Å²) in [7, 11) is 3.28. The molecule has 0 spiro atoms. The lowest BCUT2D eigenvalue weighted by atomic mass is 10.2. The third-order valence-electron chi connectivity index (χ3n) is 3.38. The van der Waals surface area contributed by atoms with E-state index in [-0.39, 0.29) is 23.2 Å². The van der Waals surface area contributed by atoms with Gasteiger partial charge in [-0.2, -0.15) is 0 Å². The summed E-state index contributed by atoms with van der Waals surface area (Å²) in [6.45, 7) is 0. The van der Waals surface area contributed by atoms with E-state index in [4.69, 9.17) is 4.74 Å². The maximum absolute atomic E-state index is 12.3. The van der Waals surface area contributed by atoms with E-state index in [1.165, 1.54) is 11.8 Å². The zero-order chi connectivity index (χ0) is 16.7. The molecule has 0 aromatic heterocycles. The first-order chi connectivity index (χ1) is 11.1. The monoisotopic (exact) mass is 329 g/mol. The van der Waals surface area contributed by atoms with E-state index in [1.807, 2.05) is 42.5 Å². The molecule has 0 fully saturated rings. The fraction of sp³-hybridized carbons (Fsp3) is 0.222. The van der Waals surface area contributed by atoms with Gasteiger partial charge in [-0.15, -0.1) is 11.8 Å². The van der Waals surface area contributed by atoms with Gasteiger partial charge < -0.3 is 9.64 Å². The van der Waals surface area contributed by atoms with Gasteiger partial charge in [0.05, 0.1) is 24.3 Å². The number of benzene rings is 2. The number of thioether (sulfide) groups is 1. The van der Waals surface area contributed by atoms with Crippen molar-refractivity contribution in [3.05, 3.63) is 60.2 Å². The van der Waals surface area contributed by atoms with Gasteiger partial charge in [0, 0.05) is 12.6 Å². The summed E-state index contributed by atoms with van der Waals surface area (Å²) in [5, 5.41) is 0. The molecule has 0 heterocycles. The molecular weight excluding hydrogens is 310 g/mol. The van der Waals surface area contributed by atoms with Gasteiger partial charge in [-0.3, -0.25) is 9.59 Å². The maximum Gasteiger partial charge on any atom is 0.236 e. The Balaban J connectivity index is 1.88. The van der Waals surface area contributed by atoms with Crippen molar-refractivity contribution in [3.63, 3.8) is 0 Å². The van der Waals surface area contributed by atoms with Crippen molar-refractivity contribution in [1.82, 2.24) is 0 Å². The lowest BCUT2D eigenvalue weighted by molar-refractivity contribution is -0.115. The predicted octanol–water partition coefficient (Wildman–Crippen LogP) is 3.27. The molecule has 0 saturated heterocycles. The van der Waals surface area contributed by atoms with E-state index in [1.54, 1.807) is 31.2 Å². The number of carbonyl (C=O) groups is 2. The molecule has 23 heavy (non-hydrogen) atoms. The molecule has 5 heteroatoms. The Morgan fingerprint density at radius 3 is 2.35 bits per heavy atom. The lowest BCUT2D eigenvalue weighted by Crippen LogP contribution is -2.28. The van der Waals surface area contributed by atoms with Crippen LogP contribution in [0.2, 0.25) is 0 Å². The van der Waals surface area contributed by atoms with E-state index >= 15 is 0 Å². The Morgan fingerprint density at radius 1 is 1.00 bits per heavy atom. The molecular formula is C18H19NO3S.